The number of aromatic nitrogens is 4. The van der Waals surface area contributed by atoms with Crippen molar-refractivity contribution in [2.75, 3.05) is 7.11 Å². The molecule has 2 aromatic heterocycles. The summed E-state index contributed by atoms with van der Waals surface area (Å²) in [5, 5.41) is 5.31. The van der Waals surface area contributed by atoms with Gasteiger partial charge in [0.05, 0.1) is 12.8 Å². The number of methoxy groups -OCH3 is 1. The molecule has 22 heavy (non-hydrogen) atoms. The van der Waals surface area contributed by atoms with E-state index in [9.17, 15) is 0 Å². The van der Waals surface area contributed by atoms with Crippen LogP contribution < -0.4 is 4.74 Å². The number of benzene rings is 1. The minimum Gasteiger partial charge on any atom is -0.497 e. The van der Waals surface area contributed by atoms with E-state index in [1.54, 1.807) is 31.3 Å². The Kier molecular flexibility index (Phi) is 4.11. The van der Waals surface area contributed by atoms with Crippen LogP contribution in [0.3, 0.4) is 0 Å². The highest BCUT2D eigenvalue weighted by Crippen LogP contribution is 2.30. The molecule has 0 bridgehead atoms. The monoisotopic (exact) mass is 312 g/mol. The number of ether oxygens (including phenoxy) is 1. The van der Waals surface area contributed by atoms with Crippen molar-refractivity contribution in [1.82, 2.24) is 19.7 Å². The van der Waals surface area contributed by atoms with Gasteiger partial charge in [-0.05, 0) is 44.2 Å². The molecule has 0 amide bonds. The Morgan fingerprint density at radius 1 is 1.05 bits per heavy atom. The Morgan fingerprint density at radius 3 is 2.41 bits per heavy atom. The first-order chi connectivity index (χ1) is 10.7. The second kappa shape index (κ2) is 6.19. The van der Waals surface area contributed by atoms with Crippen molar-refractivity contribution < 1.29 is 4.74 Å². The van der Waals surface area contributed by atoms with Gasteiger partial charge in [-0.2, -0.15) is 5.10 Å². The van der Waals surface area contributed by atoms with Crippen LogP contribution in [-0.2, 0) is 0 Å². The van der Waals surface area contributed by atoms with Gasteiger partial charge in [0.2, 0.25) is 0 Å². The van der Waals surface area contributed by atoms with E-state index < -0.39 is 0 Å². The maximum atomic E-state index is 5.18. The lowest BCUT2D eigenvalue weighted by molar-refractivity contribution is 0.414. The largest absolute Gasteiger partial charge is 0.497 e. The number of hydrogen-bond acceptors (Lipinski definition) is 5. The summed E-state index contributed by atoms with van der Waals surface area (Å²) in [5.41, 5.74) is 2.00. The van der Waals surface area contributed by atoms with Crippen molar-refractivity contribution in [2.45, 2.75) is 23.8 Å². The molecule has 0 saturated carbocycles. The molecule has 3 aromatic rings. The van der Waals surface area contributed by atoms with Gasteiger partial charge in [0.25, 0.3) is 0 Å². The van der Waals surface area contributed by atoms with Crippen molar-refractivity contribution >= 4 is 11.8 Å². The molecule has 0 atom stereocenters. The van der Waals surface area contributed by atoms with E-state index in [-0.39, 0.29) is 0 Å². The second-order valence-electron chi connectivity index (χ2n) is 4.80. The van der Waals surface area contributed by atoms with Crippen LogP contribution in [0.25, 0.3) is 5.82 Å². The Hall–Kier alpha value is -2.34. The summed E-state index contributed by atoms with van der Waals surface area (Å²) in [7, 11) is 1.66. The maximum absolute atomic E-state index is 5.18. The van der Waals surface area contributed by atoms with E-state index in [0.29, 0.717) is 0 Å². The first kappa shape index (κ1) is 14.6. The summed E-state index contributed by atoms with van der Waals surface area (Å²) in [6, 6.07) is 9.90. The summed E-state index contributed by atoms with van der Waals surface area (Å²) in [5.74, 6) is 1.58. The summed E-state index contributed by atoms with van der Waals surface area (Å²) >= 11 is 1.56. The highest BCUT2D eigenvalue weighted by atomic mass is 32.2. The van der Waals surface area contributed by atoms with Crippen molar-refractivity contribution in [3.8, 4) is 11.6 Å². The van der Waals surface area contributed by atoms with Gasteiger partial charge >= 0.3 is 0 Å². The molecule has 0 aliphatic carbocycles. The van der Waals surface area contributed by atoms with E-state index in [4.69, 9.17) is 4.74 Å². The third kappa shape index (κ3) is 2.96. The van der Waals surface area contributed by atoms with Gasteiger partial charge in [0.1, 0.15) is 10.8 Å². The lowest BCUT2D eigenvalue weighted by atomic mass is 10.3. The molecular weight excluding hydrogens is 296 g/mol. The summed E-state index contributed by atoms with van der Waals surface area (Å²) in [4.78, 5) is 9.97. The highest BCUT2D eigenvalue weighted by molar-refractivity contribution is 7.99. The van der Waals surface area contributed by atoms with Crippen LogP contribution in [0.4, 0.5) is 0 Å². The van der Waals surface area contributed by atoms with Crippen LogP contribution in [0, 0.1) is 13.8 Å². The third-order valence-corrected chi connectivity index (χ3v) is 4.12. The SMILES string of the molecule is COc1ccc(Sc2nccnc2-n2nc(C)cc2C)cc1. The van der Waals surface area contributed by atoms with Gasteiger partial charge in [-0.3, -0.25) is 0 Å². The van der Waals surface area contributed by atoms with Gasteiger partial charge in [0, 0.05) is 23.0 Å². The normalized spacial score (nSPS) is 10.7. The van der Waals surface area contributed by atoms with E-state index in [1.807, 2.05) is 48.9 Å². The van der Waals surface area contributed by atoms with Gasteiger partial charge in [-0.25, -0.2) is 14.6 Å². The van der Waals surface area contributed by atoms with Crippen molar-refractivity contribution in [3.63, 3.8) is 0 Å². The van der Waals surface area contributed by atoms with E-state index in [2.05, 4.69) is 15.1 Å². The number of aryl methyl sites for hydroxylation is 2. The quantitative estimate of drug-likeness (QED) is 0.738. The zero-order valence-corrected chi connectivity index (χ0v) is 13.5. The minimum atomic E-state index is 0.744. The van der Waals surface area contributed by atoms with Gasteiger partial charge < -0.3 is 4.74 Å². The Bertz CT molecular complexity index is 783. The van der Waals surface area contributed by atoms with Crippen molar-refractivity contribution in [3.05, 3.63) is 54.1 Å². The van der Waals surface area contributed by atoms with Gasteiger partial charge in [-0.15, -0.1) is 0 Å². The van der Waals surface area contributed by atoms with Crippen LogP contribution in [0.1, 0.15) is 11.4 Å². The fourth-order valence-electron chi connectivity index (χ4n) is 2.13. The molecule has 0 fully saturated rings. The molecule has 0 radical (unpaired) electrons. The van der Waals surface area contributed by atoms with Crippen LogP contribution in [0.2, 0.25) is 0 Å². The number of nitrogens with zero attached hydrogens (tertiary/aromatic N) is 4. The third-order valence-electron chi connectivity index (χ3n) is 3.13. The topological polar surface area (TPSA) is 52.8 Å². The van der Waals surface area contributed by atoms with Gasteiger partial charge in [-0.1, -0.05) is 11.8 Å². The molecule has 112 valence electrons. The van der Waals surface area contributed by atoms with Crippen molar-refractivity contribution in [1.29, 1.82) is 0 Å². The lowest BCUT2D eigenvalue weighted by Gasteiger charge is -2.08. The van der Waals surface area contributed by atoms with Crippen molar-refractivity contribution in [2.24, 2.45) is 0 Å². The van der Waals surface area contributed by atoms with Crippen LogP contribution in [0.15, 0.2) is 52.6 Å². The van der Waals surface area contributed by atoms with E-state index in [0.717, 1.165) is 32.9 Å². The first-order valence-corrected chi connectivity index (χ1v) is 7.65. The minimum absolute atomic E-state index is 0.744. The number of rotatable bonds is 4. The van der Waals surface area contributed by atoms with Crippen LogP contribution in [0.5, 0.6) is 5.75 Å². The summed E-state index contributed by atoms with van der Waals surface area (Å²) in [6.07, 6.45) is 3.38. The molecule has 0 unspecified atom stereocenters. The average Bonchev–Trinajstić information content (AvgIpc) is 2.87. The zero-order valence-electron chi connectivity index (χ0n) is 12.6. The Labute approximate surface area is 133 Å². The highest BCUT2D eigenvalue weighted by Gasteiger charge is 2.12. The standard InChI is InChI=1S/C16H16N4OS/c1-11-10-12(2)20(19-11)15-16(18-9-8-17-15)22-14-6-4-13(21-3)5-7-14/h4-10H,1-3H3. The molecule has 0 N–H and O–H groups in total. The summed E-state index contributed by atoms with van der Waals surface area (Å²) in [6.45, 7) is 3.98. The molecule has 0 saturated heterocycles. The lowest BCUT2D eigenvalue weighted by Crippen LogP contribution is -2.04. The predicted molar refractivity (Wildman–Crippen MR) is 85.7 cm³/mol. The molecule has 3 rings (SSSR count). The second-order valence-corrected chi connectivity index (χ2v) is 5.86. The Morgan fingerprint density at radius 2 is 1.77 bits per heavy atom. The van der Waals surface area contributed by atoms with E-state index in [1.165, 1.54) is 0 Å². The van der Waals surface area contributed by atoms with Gasteiger partial charge in [0.15, 0.2) is 5.82 Å². The van der Waals surface area contributed by atoms with E-state index >= 15 is 0 Å². The molecular formula is C16H16N4OS. The average molecular weight is 312 g/mol. The van der Waals surface area contributed by atoms with Crippen LogP contribution in [-0.4, -0.2) is 26.9 Å². The number of hydrogen-bond donors (Lipinski definition) is 0. The molecule has 0 aliphatic rings. The fraction of sp³-hybridized carbons (Fsp3) is 0.188. The molecule has 0 spiro atoms. The molecule has 2 heterocycles. The molecule has 1 aromatic carbocycles. The molecule has 5 nitrogen and oxygen atoms in total. The molecule has 6 heteroatoms. The first-order valence-electron chi connectivity index (χ1n) is 6.84. The Balaban J connectivity index is 1.95. The smallest absolute Gasteiger partial charge is 0.186 e. The fourth-order valence-corrected chi connectivity index (χ4v) is 2.97. The zero-order chi connectivity index (χ0) is 15.5. The predicted octanol–water partition coefficient (Wildman–Crippen LogP) is 3.44. The van der Waals surface area contributed by atoms with Crippen LogP contribution >= 0.6 is 11.8 Å². The summed E-state index contributed by atoms with van der Waals surface area (Å²) < 4.78 is 7.01. The molecule has 0 aliphatic heterocycles. The maximum Gasteiger partial charge on any atom is 0.186 e.